The van der Waals surface area contributed by atoms with Crippen LogP contribution in [0, 0.1) is 0 Å². The summed E-state index contributed by atoms with van der Waals surface area (Å²) in [6.07, 6.45) is 13.2. The van der Waals surface area contributed by atoms with Gasteiger partial charge in [-0.1, -0.05) is 65.2 Å². The number of phenols is 2. The molecule has 0 aliphatic rings. The lowest BCUT2D eigenvalue weighted by Gasteiger charge is -2.10. The van der Waals surface area contributed by atoms with Crippen molar-refractivity contribution in [3.63, 3.8) is 0 Å². The van der Waals surface area contributed by atoms with Gasteiger partial charge in [-0.2, -0.15) is 0 Å². The first-order valence-corrected chi connectivity index (χ1v) is 11.7. The van der Waals surface area contributed by atoms with Gasteiger partial charge in [0.2, 0.25) is 0 Å². The number of rotatable bonds is 14. The second kappa shape index (κ2) is 13.1. The first-order valence-electron chi connectivity index (χ1n) is 11.7. The average Bonchev–Trinajstić information content (AvgIpc) is 2.75. The molecule has 0 saturated heterocycles. The predicted molar refractivity (Wildman–Crippen MR) is 125 cm³/mol. The third kappa shape index (κ3) is 7.51. The highest BCUT2D eigenvalue weighted by molar-refractivity contribution is 6.09. The number of hydrogen-bond acceptors (Lipinski definition) is 3. The quantitative estimate of drug-likeness (QED) is 0.253. The molecule has 30 heavy (non-hydrogen) atoms. The van der Waals surface area contributed by atoms with Gasteiger partial charge >= 0.3 is 0 Å². The molecular weight excluding hydrogens is 372 g/mol. The Labute approximate surface area is 182 Å². The van der Waals surface area contributed by atoms with E-state index in [1.54, 1.807) is 24.3 Å². The lowest BCUT2D eigenvalue weighted by atomic mass is 9.95. The fourth-order valence-electron chi connectivity index (χ4n) is 3.86. The van der Waals surface area contributed by atoms with Gasteiger partial charge in [-0.25, -0.2) is 0 Å². The molecule has 0 heterocycles. The summed E-state index contributed by atoms with van der Waals surface area (Å²) in [5.41, 5.74) is 2.87. The molecule has 0 spiro atoms. The van der Waals surface area contributed by atoms with E-state index in [2.05, 4.69) is 13.8 Å². The van der Waals surface area contributed by atoms with Crippen molar-refractivity contribution in [2.45, 2.75) is 90.9 Å². The molecule has 3 heteroatoms. The van der Waals surface area contributed by atoms with Crippen LogP contribution < -0.4 is 0 Å². The molecule has 0 aliphatic carbocycles. The van der Waals surface area contributed by atoms with Crippen LogP contribution in [0.1, 0.15) is 105 Å². The minimum absolute atomic E-state index is 0.0607. The number of aromatic hydroxyl groups is 2. The van der Waals surface area contributed by atoms with Gasteiger partial charge in [0.1, 0.15) is 11.5 Å². The van der Waals surface area contributed by atoms with Crippen molar-refractivity contribution in [1.82, 2.24) is 0 Å². The van der Waals surface area contributed by atoms with Gasteiger partial charge in [0.25, 0.3) is 0 Å². The van der Waals surface area contributed by atoms with Gasteiger partial charge in [-0.3, -0.25) is 4.79 Å². The highest BCUT2D eigenvalue weighted by Gasteiger charge is 2.14. The Bertz CT molecular complexity index is 729. The number of carbonyl (C=O) groups excluding carboxylic acids is 1. The van der Waals surface area contributed by atoms with E-state index in [4.69, 9.17) is 0 Å². The zero-order valence-electron chi connectivity index (χ0n) is 18.8. The molecule has 0 amide bonds. The smallest absolute Gasteiger partial charge is 0.193 e. The zero-order valence-corrected chi connectivity index (χ0v) is 18.8. The normalized spacial score (nSPS) is 11.0. The molecular formula is C27H38O3. The first-order chi connectivity index (χ1) is 14.6. The molecule has 0 atom stereocenters. The van der Waals surface area contributed by atoms with Crippen molar-refractivity contribution in [3.8, 4) is 11.5 Å². The second-order valence-electron chi connectivity index (χ2n) is 8.34. The summed E-state index contributed by atoms with van der Waals surface area (Å²) >= 11 is 0. The highest BCUT2D eigenvalue weighted by Crippen LogP contribution is 2.26. The van der Waals surface area contributed by atoms with Crippen LogP contribution in [0.2, 0.25) is 0 Å². The lowest BCUT2D eigenvalue weighted by molar-refractivity contribution is 0.103. The van der Waals surface area contributed by atoms with Gasteiger partial charge in [-0.05, 0) is 73.2 Å². The maximum Gasteiger partial charge on any atom is 0.193 e. The second-order valence-corrected chi connectivity index (χ2v) is 8.34. The van der Waals surface area contributed by atoms with Gasteiger partial charge in [0.15, 0.2) is 5.78 Å². The van der Waals surface area contributed by atoms with Gasteiger partial charge < -0.3 is 10.2 Å². The van der Waals surface area contributed by atoms with E-state index in [1.807, 2.05) is 12.1 Å². The monoisotopic (exact) mass is 410 g/mol. The van der Waals surface area contributed by atoms with Crippen molar-refractivity contribution in [2.75, 3.05) is 0 Å². The molecule has 3 nitrogen and oxygen atoms in total. The van der Waals surface area contributed by atoms with Crippen LogP contribution in [-0.2, 0) is 12.8 Å². The molecule has 2 rings (SSSR count). The number of carbonyl (C=O) groups is 1. The minimum atomic E-state index is -0.0607. The van der Waals surface area contributed by atoms with Crippen LogP contribution in [0.5, 0.6) is 11.5 Å². The number of aryl methyl sites for hydroxylation is 2. The van der Waals surface area contributed by atoms with Crippen molar-refractivity contribution >= 4 is 5.78 Å². The van der Waals surface area contributed by atoms with E-state index in [0.29, 0.717) is 11.1 Å². The Morgan fingerprint density at radius 2 is 1.03 bits per heavy atom. The number of hydrogen-bond donors (Lipinski definition) is 2. The van der Waals surface area contributed by atoms with E-state index in [9.17, 15) is 15.0 Å². The minimum Gasteiger partial charge on any atom is -0.508 e. The van der Waals surface area contributed by atoms with Crippen molar-refractivity contribution in [2.24, 2.45) is 0 Å². The maximum absolute atomic E-state index is 13.0. The number of ketones is 1. The van der Waals surface area contributed by atoms with Crippen LogP contribution in [0.3, 0.4) is 0 Å². The average molecular weight is 411 g/mol. The molecule has 2 aromatic rings. The fourth-order valence-corrected chi connectivity index (χ4v) is 3.86. The summed E-state index contributed by atoms with van der Waals surface area (Å²) in [5, 5.41) is 20.4. The number of unbranched alkanes of at least 4 members (excludes halogenated alkanes) is 8. The topological polar surface area (TPSA) is 57.5 Å². The van der Waals surface area contributed by atoms with E-state index < -0.39 is 0 Å². The molecule has 0 unspecified atom stereocenters. The SMILES string of the molecule is CCCCCCCc1cc(C(=O)c2ccc(O)c(CCCCCCC)c2)ccc1O. The van der Waals surface area contributed by atoms with Crippen molar-refractivity contribution in [1.29, 1.82) is 0 Å². The largest absolute Gasteiger partial charge is 0.508 e. The third-order valence-electron chi connectivity index (χ3n) is 5.78. The van der Waals surface area contributed by atoms with E-state index in [0.717, 1.165) is 49.7 Å². The zero-order chi connectivity index (χ0) is 21.8. The van der Waals surface area contributed by atoms with Crippen LogP contribution in [0.15, 0.2) is 36.4 Å². The fraction of sp³-hybridized carbons (Fsp3) is 0.519. The Balaban J connectivity index is 2.04. The van der Waals surface area contributed by atoms with Crippen LogP contribution in [0.25, 0.3) is 0 Å². The Hall–Kier alpha value is -2.29. The summed E-state index contributed by atoms with van der Waals surface area (Å²) < 4.78 is 0. The van der Waals surface area contributed by atoms with E-state index in [-0.39, 0.29) is 17.3 Å². The van der Waals surface area contributed by atoms with Crippen LogP contribution in [-0.4, -0.2) is 16.0 Å². The van der Waals surface area contributed by atoms with Crippen molar-refractivity contribution in [3.05, 3.63) is 58.7 Å². The molecule has 0 fully saturated rings. The van der Waals surface area contributed by atoms with Crippen LogP contribution in [0.4, 0.5) is 0 Å². The predicted octanol–water partition coefficient (Wildman–Crippen LogP) is 7.35. The van der Waals surface area contributed by atoms with Gasteiger partial charge in [-0.15, -0.1) is 0 Å². The molecule has 164 valence electrons. The molecule has 2 aromatic carbocycles. The maximum atomic E-state index is 13.0. The summed E-state index contributed by atoms with van der Waals surface area (Å²) in [4.78, 5) is 13.0. The lowest BCUT2D eigenvalue weighted by Crippen LogP contribution is -2.03. The van der Waals surface area contributed by atoms with E-state index >= 15 is 0 Å². The number of benzene rings is 2. The van der Waals surface area contributed by atoms with Crippen molar-refractivity contribution < 1.29 is 15.0 Å². The summed E-state index contributed by atoms with van der Waals surface area (Å²) in [7, 11) is 0. The Morgan fingerprint density at radius 3 is 1.43 bits per heavy atom. The Morgan fingerprint density at radius 1 is 0.633 bits per heavy atom. The third-order valence-corrected chi connectivity index (χ3v) is 5.78. The molecule has 0 saturated carbocycles. The Kier molecular flexibility index (Phi) is 10.5. The summed E-state index contributed by atoms with van der Waals surface area (Å²) in [6.45, 7) is 4.39. The molecule has 0 bridgehead atoms. The first kappa shape index (κ1) is 24.0. The summed E-state index contributed by atoms with van der Waals surface area (Å²) in [5.74, 6) is 0.468. The molecule has 0 radical (unpaired) electrons. The molecule has 2 N–H and O–H groups in total. The highest BCUT2D eigenvalue weighted by atomic mass is 16.3. The standard InChI is InChI=1S/C27H38O3/c1-3-5-7-9-11-13-21-19-23(15-17-25(21)28)27(30)24-16-18-26(29)22(20-24)14-12-10-8-6-4-2/h15-20,28-29H,3-14H2,1-2H3. The van der Waals surface area contributed by atoms with Gasteiger partial charge in [0, 0.05) is 11.1 Å². The van der Waals surface area contributed by atoms with Crippen LogP contribution >= 0.6 is 0 Å². The number of phenolic OH excluding ortho intramolecular Hbond substituents is 2. The van der Waals surface area contributed by atoms with E-state index in [1.165, 1.54) is 38.5 Å². The molecule has 0 aliphatic heterocycles. The van der Waals surface area contributed by atoms with Gasteiger partial charge in [0.05, 0.1) is 0 Å². The summed E-state index contributed by atoms with van der Waals surface area (Å²) in [6, 6.07) is 10.3. The molecule has 0 aromatic heterocycles.